The van der Waals surface area contributed by atoms with Crippen LogP contribution in [-0.2, 0) is 23.0 Å². The molecule has 1 amide bonds. The van der Waals surface area contributed by atoms with Gasteiger partial charge in [0.2, 0.25) is 10.0 Å². The fourth-order valence-corrected chi connectivity index (χ4v) is 6.32. The Morgan fingerprint density at radius 3 is 2.34 bits per heavy atom. The molecule has 7 nitrogen and oxygen atoms in total. The summed E-state index contributed by atoms with van der Waals surface area (Å²) in [5.74, 6) is -0.254. The van der Waals surface area contributed by atoms with Crippen molar-refractivity contribution in [2.24, 2.45) is 0 Å². The highest BCUT2D eigenvalue weighted by Gasteiger charge is 2.25. The van der Waals surface area contributed by atoms with E-state index in [-0.39, 0.29) is 10.8 Å². The van der Waals surface area contributed by atoms with Gasteiger partial charge in [0.15, 0.2) is 5.13 Å². The van der Waals surface area contributed by atoms with Gasteiger partial charge in [0, 0.05) is 31.0 Å². The van der Waals surface area contributed by atoms with Gasteiger partial charge in [0.25, 0.3) is 5.91 Å². The van der Waals surface area contributed by atoms with Crippen LogP contribution in [0.2, 0.25) is 0 Å². The normalized spacial score (nSPS) is 11.8. The molecule has 4 aromatic rings. The summed E-state index contributed by atoms with van der Waals surface area (Å²) in [5, 5.41) is 0.585. The lowest BCUT2D eigenvalue weighted by molar-refractivity contribution is 0.0985. The fourth-order valence-electron chi connectivity index (χ4n) is 3.83. The predicted molar refractivity (Wildman–Crippen MR) is 140 cm³/mol. The monoisotopic (exact) mass is 508 g/mol. The smallest absolute Gasteiger partial charge is 0.260 e. The van der Waals surface area contributed by atoms with Crippen LogP contribution in [0.15, 0.2) is 71.9 Å². The van der Waals surface area contributed by atoms with E-state index in [0.717, 1.165) is 22.2 Å². The molecule has 0 aliphatic rings. The van der Waals surface area contributed by atoms with Gasteiger partial charge in [-0.15, -0.1) is 0 Å². The lowest BCUT2D eigenvalue weighted by Gasteiger charge is -2.21. The Labute approximate surface area is 210 Å². The van der Waals surface area contributed by atoms with E-state index in [0.29, 0.717) is 30.3 Å². The summed E-state index contributed by atoms with van der Waals surface area (Å²) in [4.78, 5) is 24.4. The van der Waals surface area contributed by atoms with Crippen molar-refractivity contribution < 1.29 is 13.2 Å². The zero-order valence-corrected chi connectivity index (χ0v) is 21.6. The standard InChI is InChI=1S/C26H28N4O3S2/c1-4-19-9-14-23-24(16-19)34-26(28-23)30(18-20-8-7-15-27-17-20)25(31)21-10-12-22(13-11-21)35(32,33)29(5-2)6-3/h7-17H,4-6,18H2,1-3H3. The van der Waals surface area contributed by atoms with E-state index in [4.69, 9.17) is 4.98 Å². The van der Waals surface area contributed by atoms with Crippen molar-refractivity contribution >= 4 is 42.6 Å². The number of carbonyl (C=O) groups is 1. The van der Waals surface area contributed by atoms with E-state index in [9.17, 15) is 13.2 Å². The third-order valence-corrected chi connectivity index (χ3v) is 8.94. The number of fused-ring (bicyclic) bond motifs is 1. The van der Waals surface area contributed by atoms with Gasteiger partial charge in [0.1, 0.15) is 0 Å². The summed E-state index contributed by atoms with van der Waals surface area (Å²) in [6.07, 6.45) is 4.33. The fraction of sp³-hybridized carbons (Fsp3) is 0.269. The van der Waals surface area contributed by atoms with E-state index in [2.05, 4.69) is 18.0 Å². The van der Waals surface area contributed by atoms with E-state index < -0.39 is 10.0 Å². The van der Waals surface area contributed by atoms with Crippen LogP contribution in [0.5, 0.6) is 0 Å². The third kappa shape index (κ3) is 5.27. The number of benzene rings is 2. The minimum absolute atomic E-state index is 0.170. The minimum atomic E-state index is -3.60. The molecule has 2 aromatic carbocycles. The summed E-state index contributed by atoms with van der Waals surface area (Å²) >= 11 is 1.47. The molecule has 0 N–H and O–H groups in total. The van der Waals surface area contributed by atoms with Gasteiger partial charge >= 0.3 is 0 Å². The van der Waals surface area contributed by atoms with Crippen molar-refractivity contribution in [1.29, 1.82) is 0 Å². The zero-order chi connectivity index (χ0) is 25.0. The Bertz CT molecular complexity index is 1410. The average molecular weight is 509 g/mol. The summed E-state index contributed by atoms with van der Waals surface area (Å²) in [6, 6.07) is 16.0. The van der Waals surface area contributed by atoms with Crippen molar-refractivity contribution in [3.8, 4) is 0 Å². The molecule has 0 aliphatic heterocycles. The first kappa shape index (κ1) is 25.0. The molecule has 0 unspecified atom stereocenters. The predicted octanol–water partition coefficient (Wildman–Crippen LogP) is 5.13. The molecule has 0 spiro atoms. The molecule has 35 heavy (non-hydrogen) atoms. The number of carbonyl (C=O) groups excluding carboxylic acids is 1. The molecular formula is C26H28N4O3S2. The number of aryl methyl sites for hydroxylation is 1. The second-order valence-electron chi connectivity index (χ2n) is 8.02. The summed E-state index contributed by atoms with van der Waals surface area (Å²) in [7, 11) is -3.60. The first-order chi connectivity index (χ1) is 16.9. The Hall–Kier alpha value is -3.14. The maximum absolute atomic E-state index is 13.7. The first-order valence-electron chi connectivity index (χ1n) is 11.6. The van der Waals surface area contributed by atoms with Gasteiger partial charge in [-0.05, 0) is 60.0 Å². The molecule has 182 valence electrons. The number of aromatic nitrogens is 2. The number of sulfonamides is 1. The largest absolute Gasteiger partial charge is 0.279 e. The van der Waals surface area contributed by atoms with Crippen LogP contribution in [0.25, 0.3) is 10.2 Å². The van der Waals surface area contributed by atoms with Crippen molar-refractivity contribution in [3.05, 3.63) is 83.7 Å². The highest BCUT2D eigenvalue weighted by Crippen LogP contribution is 2.32. The van der Waals surface area contributed by atoms with E-state index in [1.54, 1.807) is 43.3 Å². The van der Waals surface area contributed by atoms with Gasteiger partial charge in [0.05, 0.1) is 21.7 Å². The molecule has 0 atom stereocenters. The summed E-state index contributed by atoms with van der Waals surface area (Å²) in [5.41, 5.74) is 3.31. The number of anilines is 1. The van der Waals surface area contributed by atoms with Crippen LogP contribution in [0, 0.1) is 0 Å². The molecule has 0 fully saturated rings. The Kier molecular flexibility index (Phi) is 7.59. The second kappa shape index (κ2) is 10.6. The molecule has 0 bridgehead atoms. The lowest BCUT2D eigenvalue weighted by atomic mass is 10.2. The number of thiazole rings is 1. The Morgan fingerprint density at radius 2 is 1.71 bits per heavy atom. The van der Waals surface area contributed by atoms with Gasteiger partial charge in [-0.3, -0.25) is 14.7 Å². The lowest BCUT2D eigenvalue weighted by Crippen LogP contribution is -2.31. The molecule has 2 aromatic heterocycles. The highest BCUT2D eigenvalue weighted by atomic mass is 32.2. The number of rotatable bonds is 9. The van der Waals surface area contributed by atoms with Crippen molar-refractivity contribution in [3.63, 3.8) is 0 Å². The minimum Gasteiger partial charge on any atom is -0.279 e. The summed E-state index contributed by atoms with van der Waals surface area (Å²) in [6.45, 7) is 6.77. The highest BCUT2D eigenvalue weighted by molar-refractivity contribution is 7.89. The molecule has 0 radical (unpaired) electrons. The van der Waals surface area contributed by atoms with Gasteiger partial charge in [-0.2, -0.15) is 4.31 Å². The van der Waals surface area contributed by atoms with Gasteiger partial charge in [-0.25, -0.2) is 13.4 Å². The number of amides is 1. The van der Waals surface area contributed by atoms with Crippen LogP contribution < -0.4 is 4.90 Å². The van der Waals surface area contributed by atoms with Crippen molar-refractivity contribution in [1.82, 2.24) is 14.3 Å². The van der Waals surface area contributed by atoms with Crippen LogP contribution >= 0.6 is 11.3 Å². The second-order valence-corrected chi connectivity index (χ2v) is 11.0. The quantitative estimate of drug-likeness (QED) is 0.313. The molecule has 9 heteroatoms. The van der Waals surface area contributed by atoms with Crippen molar-refractivity contribution in [2.45, 2.75) is 38.6 Å². The van der Waals surface area contributed by atoms with E-state index in [1.807, 2.05) is 24.3 Å². The number of hydrogen-bond acceptors (Lipinski definition) is 6. The third-order valence-electron chi connectivity index (χ3n) is 5.83. The van der Waals surface area contributed by atoms with Crippen LogP contribution in [0.1, 0.15) is 42.3 Å². The van der Waals surface area contributed by atoms with Crippen LogP contribution in [0.4, 0.5) is 5.13 Å². The first-order valence-corrected chi connectivity index (χ1v) is 13.8. The molecule has 0 saturated heterocycles. The maximum atomic E-state index is 13.7. The SMILES string of the molecule is CCc1ccc2nc(N(Cc3cccnc3)C(=O)c3ccc(S(=O)(=O)N(CC)CC)cc3)sc2c1. The van der Waals surface area contributed by atoms with Crippen LogP contribution in [-0.4, -0.2) is 41.7 Å². The van der Waals surface area contributed by atoms with E-state index >= 15 is 0 Å². The maximum Gasteiger partial charge on any atom is 0.260 e. The average Bonchev–Trinajstić information content (AvgIpc) is 3.31. The van der Waals surface area contributed by atoms with E-state index in [1.165, 1.54) is 33.3 Å². The molecule has 4 rings (SSSR count). The van der Waals surface area contributed by atoms with Crippen LogP contribution in [0.3, 0.4) is 0 Å². The Balaban J connectivity index is 1.70. The molecular weight excluding hydrogens is 480 g/mol. The Morgan fingerprint density at radius 1 is 0.971 bits per heavy atom. The molecule has 0 aliphatic carbocycles. The zero-order valence-electron chi connectivity index (χ0n) is 20.0. The number of pyridine rings is 1. The van der Waals surface area contributed by atoms with Crippen molar-refractivity contribution in [2.75, 3.05) is 18.0 Å². The molecule has 2 heterocycles. The number of hydrogen-bond donors (Lipinski definition) is 0. The topological polar surface area (TPSA) is 83.5 Å². The summed E-state index contributed by atoms with van der Waals surface area (Å²) < 4.78 is 28.1. The number of nitrogens with zero attached hydrogens (tertiary/aromatic N) is 4. The molecule has 0 saturated carbocycles. The van der Waals surface area contributed by atoms with Gasteiger partial charge in [-0.1, -0.05) is 44.2 Å². The van der Waals surface area contributed by atoms with Gasteiger partial charge < -0.3 is 0 Å².